The van der Waals surface area contributed by atoms with E-state index in [-0.39, 0.29) is 30.6 Å². The van der Waals surface area contributed by atoms with Gasteiger partial charge in [-0.3, -0.25) is 9.59 Å². The van der Waals surface area contributed by atoms with Crippen LogP contribution in [0.15, 0.2) is 109 Å². The highest BCUT2D eigenvalue weighted by atomic mass is 35.5. The van der Waals surface area contributed by atoms with Gasteiger partial charge in [-0.15, -0.1) is 0 Å². The largest absolute Gasteiger partial charge is 0.350 e. The van der Waals surface area contributed by atoms with Gasteiger partial charge in [0.05, 0.1) is 0 Å². The van der Waals surface area contributed by atoms with E-state index in [1.54, 1.807) is 29.2 Å². The van der Waals surface area contributed by atoms with Crippen molar-refractivity contribution in [2.45, 2.75) is 38.4 Å². The van der Waals surface area contributed by atoms with E-state index in [0.717, 1.165) is 22.3 Å². The summed E-state index contributed by atoms with van der Waals surface area (Å²) in [5.41, 5.74) is 3.65. The first-order valence-electron chi connectivity index (χ1n) is 12.6. The SMILES string of the molecule is O=C(NCc1ccc(Cl)cc1)C(Cc1ccccc1)N(Cc1ccc(F)cc1)C(=O)CCc1ccccc1. The lowest BCUT2D eigenvalue weighted by atomic mass is 10.0. The predicted molar refractivity (Wildman–Crippen MR) is 149 cm³/mol. The fraction of sp³-hybridized carbons (Fsp3) is 0.188. The first-order chi connectivity index (χ1) is 18.5. The molecule has 1 atom stereocenters. The van der Waals surface area contributed by atoms with Crippen molar-refractivity contribution in [3.63, 3.8) is 0 Å². The van der Waals surface area contributed by atoms with Crippen molar-refractivity contribution < 1.29 is 14.0 Å². The van der Waals surface area contributed by atoms with Crippen LogP contribution in [0.2, 0.25) is 5.02 Å². The summed E-state index contributed by atoms with van der Waals surface area (Å²) >= 11 is 6.00. The van der Waals surface area contributed by atoms with E-state index in [2.05, 4.69) is 5.32 Å². The second-order valence-electron chi connectivity index (χ2n) is 9.18. The summed E-state index contributed by atoms with van der Waals surface area (Å²) in [7, 11) is 0. The minimum absolute atomic E-state index is 0.138. The second kappa shape index (κ2) is 13.5. The lowest BCUT2D eigenvalue weighted by molar-refractivity contribution is -0.141. The van der Waals surface area contributed by atoms with Crippen molar-refractivity contribution in [3.8, 4) is 0 Å². The van der Waals surface area contributed by atoms with Gasteiger partial charge in [-0.05, 0) is 52.9 Å². The number of hydrogen-bond donors (Lipinski definition) is 1. The normalized spacial score (nSPS) is 11.5. The van der Waals surface area contributed by atoms with E-state index in [1.165, 1.54) is 12.1 Å². The number of aryl methyl sites for hydroxylation is 1. The van der Waals surface area contributed by atoms with E-state index in [4.69, 9.17) is 11.6 Å². The Morgan fingerprint density at radius 2 is 1.32 bits per heavy atom. The van der Waals surface area contributed by atoms with Crippen molar-refractivity contribution in [3.05, 3.63) is 142 Å². The number of carbonyl (C=O) groups is 2. The highest BCUT2D eigenvalue weighted by Crippen LogP contribution is 2.18. The van der Waals surface area contributed by atoms with Crippen LogP contribution in [0.5, 0.6) is 0 Å². The summed E-state index contributed by atoms with van der Waals surface area (Å²) in [4.78, 5) is 29.0. The van der Waals surface area contributed by atoms with Gasteiger partial charge in [-0.1, -0.05) is 96.5 Å². The molecule has 38 heavy (non-hydrogen) atoms. The highest BCUT2D eigenvalue weighted by Gasteiger charge is 2.30. The molecular weight excluding hydrogens is 499 g/mol. The molecule has 2 amide bonds. The Bertz CT molecular complexity index is 1310. The molecule has 0 aliphatic heterocycles. The van der Waals surface area contributed by atoms with Gasteiger partial charge in [0, 0.05) is 31.0 Å². The maximum absolute atomic E-state index is 13.7. The van der Waals surface area contributed by atoms with Crippen LogP contribution in [0.1, 0.15) is 28.7 Å². The van der Waals surface area contributed by atoms with Crippen LogP contribution in [0.3, 0.4) is 0 Å². The van der Waals surface area contributed by atoms with Gasteiger partial charge in [0.2, 0.25) is 11.8 Å². The Balaban J connectivity index is 1.60. The maximum atomic E-state index is 13.7. The van der Waals surface area contributed by atoms with Gasteiger partial charge in [0.25, 0.3) is 0 Å². The van der Waals surface area contributed by atoms with Crippen LogP contribution in [-0.2, 0) is 35.5 Å². The lowest BCUT2D eigenvalue weighted by Gasteiger charge is -2.31. The van der Waals surface area contributed by atoms with E-state index >= 15 is 0 Å². The van der Waals surface area contributed by atoms with Gasteiger partial charge >= 0.3 is 0 Å². The molecule has 1 unspecified atom stereocenters. The van der Waals surface area contributed by atoms with Crippen LogP contribution < -0.4 is 5.32 Å². The van der Waals surface area contributed by atoms with E-state index < -0.39 is 6.04 Å². The Labute approximate surface area is 228 Å². The van der Waals surface area contributed by atoms with E-state index in [1.807, 2.05) is 72.8 Å². The fourth-order valence-corrected chi connectivity index (χ4v) is 4.42. The molecule has 0 heterocycles. The van der Waals surface area contributed by atoms with Gasteiger partial charge in [0.15, 0.2) is 0 Å². The molecule has 0 bridgehead atoms. The third-order valence-corrected chi connectivity index (χ3v) is 6.64. The molecule has 4 nitrogen and oxygen atoms in total. The van der Waals surface area contributed by atoms with Crippen molar-refractivity contribution in [1.82, 2.24) is 10.2 Å². The molecule has 0 aliphatic carbocycles. The minimum Gasteiger partial charge on any atom is -0.350 e. The van der Waals surface area contributed by atoms with Gasteiger partial charge in [-0.2, -0.15) is 0 Å². The molecule has 4 aromatic rings. The molecule has 0 saturated heterocycles. The Morgan fingerprint density at radius 3 is 1.95 bits per heavy atom. The molecule has 0 saturated carbocycles. The minimum atomic E-state index is -0.752. The van der Waals surface area contributed by atoms with Crippen molar-refractivity contribution in [1.29, 1.82) is 0 Å². The topological polar surface area (TPSA) is 49.4 Å². The number of amides is 2. The third kappa shape index (κ3) is 8.02. The molecule has 6 heteroatoms. The molecule has 194 valence electrons. The zero-order valence-electron chi connectivity index (χ0n) is 21.0. The lowest BCUT2D eigenvalue weighted by Crippen LogP contribution is -2.50. The van der Waals surface area contributed by atoms with Crippen LogP contribution >= 0.6 is 11.6 Å². The van der Waals surface area contributed by atoms with E-state index in [0.29, 0.717) is 24.4 Å². The summed E-state index contributed by atoms with van der Waals surface area (Å²) in [5.74, 6) is -0.739. The fourth-order valence-electron chi connectivity index (χ4n) is 4.29. The molecular formula is C32H30ClFN2O2. The summed E-state index contributed by atoms with van der Waals surface area (Å²) in [5, 5.41) is 3.63. The predicted octanol–water partition coefficient (Wildman–Crippen LogP) is 6.37. The van der Waals surface area contributed by atoms with Gasteiger partial charge in [-0.25, -0.2) is 4.39 Å². The number of rotatable bonds is 11. The van der Waals surface area contributed by atoms with Gasteiger partial charge in [0.1, 0.15) is 11.9 Å². The Morgan fingerprint density at radius 1 is 0.737 bits per heavy atom. The molecule has 4 aromatic carbocycles. The average molecular weight is 529 g/mol. The molecule has 0 aliphatic rings. The van der Waals surface area contributed by atoms with Crippen LogP contribution in [-0.4, -0.2) is 22.8 Å². The number of benzene rings is 4. The molecule has 0 spiro atoms. The zero-order valence-corrected chi connectivity index (χ0v) is 21.8. The van der Waals surface area contributed by atoms with Gasteiger partial charge < -0.3 is 10.2 Å². The number of hydrogen-bond acceptors (Lipinski definition) is 2. The molecule has 0 radical (unpaired) electrons. The standard InChI is InChI=1S/C32H30ClFN2O2/c33-28-16-11-26(12-17-28)22-35-32(38)30(21-25-9-5-2-6-10-25)36(23-27-13-18-29(34)19-14-27)31(37)20-15-24-7-3-1-4-8-24/h1-14,16-19,30H,15,20-23H2,(H,35,38). The molecule has 4 rings (SSSR count). The molecule has 1 N–H and O–H groups in total. The third-order valence-electron chi connectivity index (χ3n) is 6.39. The first-order valence-corrected chi connectivity index (χ1v) is 13.0. The smallest absolute Gasteiger partial charge is 0.243 e. The highest BCUT2D eigenvalue weighted by molar-refractivity contribution is 6.30. The maximum Gasteiger partial charge on any atom is 0.243 e. The number of nitrogens with zero attached hydrogens (tertiary/aromatic N) is 1. The van der Waals surface area contributed by atoms with Crippen LogP contribution in [0.4, 0.5) is 4.39 Å². The van der Waals surface area contributed by atoms with E-state index in [9.17, 15) is 14.0 Å². The van der Waals surface area contributed by atoms with Crippen LogP contribution in [0.25, 0.3) is 0 Å². The zero-order chi connectivity index (χ0) is 26.7. The Kier molecular flexibility index (Phi) is 9.65. The number of nitrogens with one attached hydrogen (secondary N) is 1. The molecule has 0 aromatic heterocycles. The van der Waals surface area contributed by atoms with Crippen molar-refractivity contribution >= 4 is 23.4 Å². The molecule has 0 fully saturated rings. The number of halogens is 2. The monoisotopic (exact) mass is 528 g/mol. The summed E-state index contributed by atoms with van der Waals surface area (Å²) in [6.45, 7) is 0.504. The summed E-state index contributed by atoms with van der Waals surface area (Å²) < 4.78 is 13.6. The summed E-state index contributed by atoms with van der Waals surface area (Å²) in [6.07, 6.45) is 1.16. The van der Waals surface area contributed by atoms with Crippen molar-refractivity contribution in [2.75, 3.05) is 0 Å². The van der Waals surface area contributed by atoms with Crippen LogP contribution in [0, 0.1) is 5.82 Å². The quantitative estimate of drug-likeness (QED) is 0.246. The second-order valence-corrected chi connectivity index (χ2v) is 9.62. The first kappa shape index (κ1) is 27.1. The average Bonchev–Trinajstić information content (AvgIpc) is 2.95. The van der Waals surface area contributed by atoms with Crippen molar-refractivity contribution in [2.24, 2.45) is 0 Å². The number of carbonyl (C=O) groups excluding carboxylic acids is 2. The Hall–Kier alpha value is -3.96. The summed E-state index contributed by atoms with van der Waals surface area (Å²) in [6, 6.07) is 32.0.